The van der Waals surface area contributed by atoms with E-state index in [1.807, 2.05) is 0 Å². The second-order valence-corrected chi connectivity index (χ2v) is 7.04. The first-order chi connectivity index (χ1) is 7.09. The fourth-order valence-electron chi connectivity index (χ4n) is 2.55. The van der Waals surface area contributed by atoms with Gasteiger partial charge >= 0.3 is 0 Å². The zero-order chi connectivity index (χ0) is 10.9. The van der Waals surface area contributed by atoms with Gasteiger partial charge in [-0.15, -0.1) is 0 Å². The van der Waals surface area contributed by atoms with E-state index in [-0.39, 0.29) is 17.4 Å². The molecule has 0 aromatic carbocycles. The van der Waals surface area contributed by atoms with Gasteiger partial charge in [-0.2, -0.15) is 0 Å². The minimum Gasteiger partial charge on any atom is -0.392 e. The van der Waals surface area contributed by atoms with Crippen LogP contribution in [0.15, 0.2) is 0 Å². The third-order valence-corrected chi connectivity index (χ3v) is 5.83. The molecular weight excluding hydrogens is 214 g/mol. The molecule has 1 heterocycles. The Morgan fingerprint density at radius 1 is 1.20 bits per heavy atom. The zero-order valence-electron chi connectivity index (χ0n) is 8.85. The summed E-state index contributed by atoms with van der Waals surface area (Å²) < 4.78 is 23.1. The van der Waals surface area contributed by atoms with Gasteiger partial charge in [0.2, 0.25) is 0 Å². The number of sulfone groups is 1. The highest BCUT2D eigenvalue weighted by Gasteiger charge is 2.33. The summed E-state index contributed by atoms with van der Waals surface area (Å²) in [4.78, 5) is 0. The predicted molar refractivity (Wildman–Crippen MR) is 58.5 cm³/mol. The molecule has 1 saturated carbocycles. The summed E-state index contributed by atoms with van der Waals surface area (Å²) in [7, 11) is -2.84. The first-order valence-electron chi connectivity index (χ1n) is 5.72. The van der Waals surface area contributed by atoms with Crippen LogP contribution >= 0.6 is 0 Å². The smallest absolute Gasteiger partial charge is 0.154 e. The Kier molecular flexibility index (Phi) is 3.33. The Balaban J connectivity index is 1.83. The highest BCUT2D eigenvalue weighted by atomic mass is 32.2. The van der Waals surface area contributed by atoms with Gasteiger partial charge < -0.3 is 10.4 Å². The maximum Gasteiger partial charge on any atom is 0.154 e. The summed E-state index contributed by atoms with van der Waals surface area (Å²) in [6.45, 7) is 0.518. The van der Waals surface area contributed by atoms with Crippen molar-refractivity contribution in [2.24, 2.45) is 0 Å². The Labute approximate surface area is 91.0 Å². The number of hydrogen-bond donors (Lipinski definition) is 2. The normalized spacial score (nSPS) is 39.7. The molecule has 2 fully saturated rings. The minimum atomic E-state index is -2.84. The maximum absolute atomic E-state index is 11.5. The van der Waals surface area contributed by atoms with Gasteiger partial charge in [0, 0.05) is 12.6 Å². The summed E-state index contributed by atoms with van der Waals surface area (Å²) in [6.07, 6.45) is 4.13. The molecule has 4 nitrogen and oxygen atoms in total. The monoisotopic (exact) mass is 233 g/mol. The van der Waals surface area contributed by atoms with Crippen LogP contribution in [0.2, 0.25) is 0 Å². The van der Waals surface area contributed by atoms with E-state index in [2.05, 4.69) is 5.32 Å². The number of aliphatic hydroxyl groups excluding tert-OH is 1. The summed E-state index contributed by atoms with van der Waals surface area (Å²) in [5, 5.41) is 12.6. The zero-order valence-corrected chi connectivity index (χ0v) is 9.67. The van der Waals surface area contributed by atoms with Crippen molar-refractivity contribution in [3.8, 4) is 0 Å². The van der Waals surface area contributed by atoms with Gasteiger partial charge in [-0.1, -0.05) is 0 Å². The van der Waals surface area contributed by atoms with Crippen LogP contribution in [0.1, 0.15) is 32.1 Å². The van der Waals surface area contributed by atoms with Crippen LogP contribution in [0.5, 0.6) is 0 Å². The van der Waals surface area contributed by atoms with Crippen molar-refractivity contribution < 1.29 is 13.5 Å². The Bertz CT molecular complexity index is 315. The highest BCUT2D eigenvalue weighted by Crippen LogP contribution is 2.22. The number of aliphatic hydroxyl groups is 1. The van der Waals surface area contributed by atoms with Gasteiger partial charge in [0.1, 0.15) is 0 Å². The molecule has 2 N–H and O–H groups in total. The van der Waals surface area contributed by atoms with Gasteiger partial charge in [0.15, 0.2) is 9.84 Å². The van der Waals surface area contributed by atoms with Crippen molar-refractivity contribution in [3.63, 3.8) is 0 Å². The molecule has 2 aliphatic rings. The molecule has 15 heavy (non-hydrogen) atoms. The van der Waals surface area contributed by atoms with Crippen molar-refractivity contribution >= 4 is 9.84 Å². The van der Waals surface area contributed by atoms with Crippen molar-refractivity contribution in [1.29, 1.82) is 0 Å². The van der Waals surface area contributed by atoms with Crippen molar-refractivity contribution in [1.82, 2.24) is 5.32 Å². The quantitative estimate of drug-likeness (QED) is 0.724. The van der Waals surface area contributed by atoms with E-state index in [0.29, 0.717) is 12.3 Å². The van der Waals surface area contributed by atoms with E-state index < -0.39 is 9.84 Å². The van der Waals surface area contributed by atoms with E-state index in [4.69, 9.17) is 0 Å². The lowest BCUT2D eigenvalue weighted by atomic mass is 10.2. The van der Waals surface area contributed by atoms with Crippen LogP contribution in [0, 0.1) is 0 Å². The van der Waals surface area contributed by atoms with E-state index in [0.717, 1.165) is 32.1 Å². The van der Waals surface area contributed by atoms with Crippen molar-refractivity contribution in [2.45, 2.75) is 49.5 Å². The highest BCUT2D eigenvalue weighted by molar-refractivity contribution is 7.92. The maximum atomic E-state index is 11.5. The molecule has 0 amide bonds. The molecule has 1 saturated heterocycles. The van der Waals surface area contributed by atoms with Crippen LogP contribution in [0.25, 0.3) is 0 Å². The predicted octanol–water partition coefficient (Wildman–Crippen LogP) is 0.0666. The molecule has 0 radical (unpaired) electrons. The molecule has 0 aromatic heterocycles. The Hall–Kier alpha value is -0.130. The van der Waals surface area contributed by atoms with Gasteiger partial charge in [-0.3, -0.25) is 0 Å². The van der Waals surface area contributed by atoms with Crippen molar-refractivity contribution in [2.75, 3.05) is 12.3 Å². The molecule has 3 atom stereocenters. The molecule has 2 rings (SSSR count). The van der Waals surface area contributed by atoms with Gasteiger partial charge in [-0.05, 0) is 32.1 Å². The topological polar surface area (TPSA) is 66.4 Å². The second-order valence-electron chi connectivity index (χ2n) is 4.64. The molecule has 5 heteroatoms. The van der Waals surface area contributed by atoms with Crippen LogP contribution in [0.3, 0.4) is 0 Å². The fourth-order valence-corrected chi connectivity index (χ4v) is 4.33. The van der Waals surface area contributed by atoms with Crippen LogP contribution < -0.4 is 5.32 Å². The molecule has 3 unspecified atom stereocenters. The number of rotatable bonds is 3. The van der Waals surface area contributed by atoms with Crippen molar-refractivity contribution in [3.05, 3.63) is 0 Å². The minimum absolute atomic E-state index is 0.112. The van der Waals surface area contributed by atoms with Gasteiger partial charge in [-0.25, -0.2) is 8.42 Å². The van der Waals surface area contributed by atoms with Gasteiger partial charge in [0.05, 0.1) is 17.1 Å². The van der Waals surface area contributed by atoms with E-state index in [9.17, 15) is 13.5 Å². The third-order valence-electron chi connectivity index (χ3n) is 3.55. The molecule has 0 bridgehead atoms. The lowest BCUT2D eigenvalue weighted by Crippen LogP contribution is -2.41. The molecule has 1 aliphatic heterocycles. The molecule has 0 spiro atoms. The molecular formula is C10H19NO3S. The SMILES string of the molecule is O=S1(=O)CCCC1CNC1CCCC1O. The first kappa shape index (κ1) is 11.4. The largest absolute Gasteiger partial charge is 0.392 e. The lowest BCUT2D eigenvalue weighted by molar-refractivity contribution is 0.149. The first-order valence-corrected chi connectivity index (χ1v) is 7.44. The Morgan fingerprint density at radius 3 is 2.53 bits per heavy atom. The third kappa shape index (κ3) is 2.52. The summed E-state index contributed by atoms with van der Waals surface area (Å²) in [5.41, 5.74) is 0. The van der Waals surface area contributed by atoms with E-state index >= 15 is 0 Å². The molecule has 88 valence electrons. The van der Waals surface area contributed by atoms with Crippen LogP contribution in [-0.4, -0.2) is 43.2 Å². The summed E-state index contributed by atoms with van der Waals surface area (Å²) in [6, 6.07) is 0.112. The lowest BCUT2D eigenvalue weighted by Gasteiger charge is -2.18. The van der Waals surface area contributed by atoms with Crippen LogP contribution in [0.4, 0.5) is 0 Å². The number of nitrogens with one attached hydrogen (secondary N) is 1. The average molecular weight is 233 g/mol. The molecule has 0 aromatic rings. The average Bonchev–Trinajstić information content (AvgIpc) is 2.69. The summed E-state index contributed by atoms with van der Waals surface area (Å²) >= 11 is 0. The fraction of sp³-hybridized carbons (Fsp3) is 1.00. The standard InChI is InChI=1S/C10H19NO3S/c12-10-5-1-4-9(10)11-7-8-3-2-6-15(8,13)14/h8-12H,1-7H2. The summed E-state index contributed by atoms with van der Waals surface area (Å²) in [5.74, 6) is 0.340. The number of hydrogen-bond acceptors (Lipinski definition) is 4. The Morgan fingerprint density at radius 2 is 2.00 bits per heavy atom. The second kappa shape index (κ2) is 4.39. The van der Waals surface area contributed by atoms with E-state index in [1.165, 1.54) is 0 Å². The van der Waals surface area contributed by atoms with E-state index in [1.54, 1.807) is 0 Å². The van der Waals surface area contributed by atoms with Crippen LogP contribution in [-0.2, 0) is 9.84 Å². The molecule has 1 aliphatic carbocycles. The van der Waals surface area contributed by atoms with Gasteiger partial charge in [0.25, 0.3) is 0 Å².